The molecule has 0 fully saturated rings. The third-order valence-corrected chi connectivity index (χ3v) is 7.98. The van der Waals surface area contributed by atoms with Crippen LogP contribution in [0, 0.1) is 0 Å². The van der Waals surface area contributed by atoms with Gasteiger partial charge in [-0.15, -0.1) is 0 Å². The topological polar surface area (TPSA) is 75.7 Å². The Morgan fingerprint density at radius 2 is 2.03 bits per heavy atom. The molecule has 1 amide bonds. The largest absolute Gasteiger partial charge is 0.444 e. The van der Waals surface area contributed by atoms with Crippen LogP contribution in [-0.2, 0) is 14.8 Å². The number of nitrogens with zero attached hydrogens (tertiary/aromatic N) is 1. The van der Waals surface area contributed by atoms with Crippen LogP contribution < -0.4 is 9.62 Å². The minimum Gasteiger partial charge on any atom is -0.444 e. The van der Waals surface area contributed by atoms with Gasteiger partial charge in [0.15, 0.2) is 0 Å². The molecular formula is C21H27BrN2O4S. The van der Waals surface area contributed by atoms with Crippen LogP contribution in [0.1, 0.15) is 52.1 Å². The molecule has 2 unspecified atom stereocenters. The molecule has 6 nitrogen and oxygen atoms in total. The van der Waals surface area contributed by atoms with Crippen LogP contribution in [0.3, 0.4) is 0 Å². The van der Waals surface area contributed by atoms with Gasteiger partial charge in [-0.05, 0) is 58.2 Å². The lowest BCUT2D eigenvalue weighted by atomic mass is 9.98. The minimum atomic E-state index is -3.67. The maximum absolute atomic E-state index is 13.6. The summed E-state index contributed by atoms with van der Waals surface area (Å²) in [5, 5.41) is 2.89. The van der Waals surface area contributed by atoms with Gasteiger partial charge in [0.05, 0.1) is 11.7 Å². The first kappa shape index (κ1) is 21.9. The van der Waals surface area contributed by atoms with E-state index in [2.05, 4.69) is 21.2 Å². The van der Waals surface area contributed by atoms with Crippen LogP contribution in [0.15, 0.2) is 47.0 Å². The predicted octanol–water partition coefficient (Wildman–Crippen LogP) is 4.83. The molecule has 0 bridgehead atoms. The molecule has 0 spiro atoms. The highest BCUT2D eigenvalue weighted by Crippen LogP contribution is 2.41. The van der Waals surface area contributed by atoms with Crippen molar-refractivity contribution >= 4 is 37.7 Å². The third kappa shape index (κ3) is 4.53. The van der Waals surface area contributed by atoms with Crippen molar-refractivity contribution in [3.05, 3.63) is 52.5 Å². The van der Waals surface area contributed by atoms with Crippen molar-refractivity contribution in [2.45, 2.75) is 56.9 Å². The normalized spacial score (nSPS) is 24.2. The average Bonchev–Trinajstić information content (AvgIpc) is 2.60. The Bertz CT molecular complexity index is 965. The Morgan fingerprint density at radius 1 is 1.31 bits per heavy atom. The molecule has 0 saturated heterocycles. The van der Waals surface area contributed by atoms with E-state index in [0.717, 1.165) is 10.0 Å². The minimum absolute atomic E-state index is 0.277. The Hall–Kier alpha value is -1.80. The van der Waals surface area contributed by atoms with Gasteiger partial charge in [0.1, 0.15) is 10.3 Å². The summed E-state index contributed by atoms with van der Waals surface area (Å²) in [5.74, 6) is 0. The number of benzene rings is 1. The van der Waals surface area contributed by atoms with Crippen molar-refractivity contribution < 1.29 is 17.9 Å². The number of halogens is 1. The number of allylic oxidation sites excluding steroid dienone is 3. The molecule has 2 atom stereocenters. The number of fused-ring (bicyclic) bond motifs is 1. The van der Waals surface area contributed by atoms with Crippen LogP contribution in [-0.4, -0.2) is 31.4 Å². The lowest BCUT2D eigenvalue weighted by Crippen LogP contribution is -2.49. The second-order valence-corrected chi connectivity index (χ2v) is 11.8. The summed E-state index contributed by atoms with van der Waals surface area (Å²) >= 11 is 3.45. The molecule has 1 aliphatic heterocycles. The van der Waals surface area contributed by atoms with E-state index in [4.69, 9.17) is 4.74 Å². The van der Waals surface area contributed by atoms with E-state index in [1.807, 2.05) is 24.3 Å². The van der Waals surface area contributed by atoms with E-state index >= 15 is 0 Å². The molecule has 0 aromatic heterocycles. The van der Waals surface area contributed by atoms with Crippen molar-refractivity contribution in [2.75, 3.05) is 10.8 Å². The molecule has 8 heteroatoms. The van der Waals surface area contributed by atoms with Gasteiger partial charge in [-0.1, -0.05) is 46.3 Å². The van der Waals surface area contributed by atoms with Crippen molar-refractivity contribution in [3.8, 4) is 0 Å². The van der Waals surface area contributed by atoms with Gasteiger partial charge < -0.3 is 10.1 Å². The number of carbonyl (C=O) groups excluding carboxylic acids is 1. The maximum atomic E-state index is 13.6. The number of alkyl carbamates (subject to hydrolysis) is 1. The standard InChI is InChI=1S/C21H27BrN2O4S/c1-20(2,3)28-19(25)23-17-10-13-24(18-14-15(22)8-9-16(17)18)29(26,27)21(4)11-6-5-7-12-21/h5-9,11,14,17H,10,12-13H2,1-4H3,(H,23,25). The van der Waals surface area contributed by atoms with Crippen LogP contribution in [0.5, 0.6) is 0 Å². The number of carbonyl (C=O) groups is 1. The molecule has 3 rings (SSSR count). The van der Waals surface area contributed by atoms with Gasteiger partial charge in [-0.25, -0.2) is 13.2 Å². The Labute approximate surface area is 181 Å². The van der Waals surface area contributed by atoms with Crippen LogP contribution in [0.2, 0.25) is 0 Å². The van der Waals surface area contributed by atoms with Crippen molar-refractivity contribution in [3.63, 3.8) is 0 Å². The van der Waals surface area contributed by atoms with Gasteiger partial charge in [-0.2, -0.15) is 0 Å². The first-order valence-electron chi connectivity index (χ1n) is 9.59. The van der Waals surface area contributed by atoms with Crippen LogP contribution in [0.4, 0.5) is 10.5 Å². The van der Waals surface area contributed by atoms with Gasteiger partial charge >= 0.3 is 6.09 Å². The number of sulfonamides is 1. The maximum Gasteiger partial charge on any atom is 0.408 e. The average molecular weight is 483 g/mol. The fraction of sp³-hybridized carbons (Fsp3) is 0.476. The number of hydrogen-bond acceptors (Lipinski definition) is 4. The molecule has 0 radical (unpaired) electrons. The molecule has 1 N–H and O–H groups in total. The molecule has 2 aliphatic rings. The summed E-state index contributed by atoms with van der Waals surface area (Å²) in [6, 6.07) is 5.17. The van der Waals surface area contributed by atoms with E-state index in [9.17, 15) is 13.2 Å². The number of hydrogen-bond donors (Lipinski definition) is 1. The molecule has 1 aromatic rings. The molecular weight excluding hydrogens is 456 g/mol. The highest BCUT2D eigenvalue weighted by molar-refractivity contribution is 9.10. The monoisotopic (exact) mass is 482 g/mol. The van der Waals surface area contributed by atoms with Gasteiger partial charge in [0.2, 0.25) is 10.0 Å². The fourth-order valence-corrected chi connectivity index (χ4v) is 5.72. The molecule has 1 aliphatic carbocycles. The zero-order valence-corrected chi connectivity index (χ0v) is 19.5. The molecule has 1 aromatic carbocycles. The summed E-state index contributed by atoms with van der Waals surface area (Å²) in [6.07, 6.45) is 7.62. The summed E-state index contributed by atoms with van der Waals surface area (Å²) in [7, 11) is -3.67. The van der Waals surface area contributed by atoms with Crippen molar-refractivity contribution in [1.29, 1.82) is 0 Å². The van der Waals surface area contributed by atoms with E-state index < -0.39 is 26.5 Å². The first-order chi connectivity index (χ1) is 13.4. The quantitative estimate of drug-likeness (QED) is 0.669. The Kier molecular flexibility index (Phi) is 5.89. The van der Waals surface area contributed by atoms with Crippen LogP contribution >= 0.6 is 15.9 Å². The highest BCUT2D eigenvalue weighted by Gasteiger charge is 2.44. The lowest BCUT2D eigenvalue weighted by Gasteiger charge is -2.40. The molecule has 0 saturated carbocycles. The second-order valence-electron chi connectivity index (χ2n) is 8.57. The lowest BCUT2D eigenvalue weighted by molar-refractivity contribution is 0.0501. The van der Waals surface area contributed by atoms with Crippen molar-refractivity contribution in [2.24, 2.45) is 0 Å². The number of ether oxygens (including phenoxy) is 1. The first-order valence-corrected chi connectivity index (χ1v) is 11.8. The fourth-order valence-electron chi connectivity index (χ4n) is 3.55. The highest BCUT2D eigenvalue weighted by atomic mass is 79.9. The molecule has 1 heterocycles. The van der Waals surface area contributed by atoms with E-state index in [1.54, 1.807) is 45.9 Å². The number of rotatable bonds is 3. The predicted molar refractivity (Wildman–Crippen MR) is 118 cm³/mol. The molecule has 158 valence electrons. The summed E-state index contributed by atoms with van der Waals surface area (Å²) in [4.78, 5) is 12.3. The zero-order chi connectivity index (χ0) is 21.4. The number of anilines is 1. The molecule has 29 heavy (non-hydrogen) atoms. The van der Waals surface area contributed by atoms with Gasteiger partial charge in [-0.3, -0.25) is 4.31 Å². The third-order valence-electron chi connectivity index (χ3n) is 5.05. The summed E-state index contributed by atoms with van der Waals surface area (Å²) in [6.45, 7) is 7.43. The number of nitrogens with one attached hydrogen (secondary N) is 1. The zero-order valence-electron chi connectivity index (χ0n) is 17.1. The van der Waals surface area contributed by atoms with Gasteiger partial charge in [0.25, 0.3) is 0 Å². The second kappa shape index (κ2) is 7.80. The van der Waals surface area contributed by atoms with E-state index in [-0.39, 0.29) is 12.6 Å². The van der Waals surface area contributed by atoms with Crippen LogP contribution in [0.25, 0.3) is 0 Å². The Morgan fingerprint density at radius 3 is 2.66 bits per heavy atom. The van der Waals surface area contributed by atoms with E-state index in [0.29, 0.717) is 18.5 Å². The number of amides is 1. The Balaban J connectivity index is 1.94. The summed E-state index contributed by atoms with van der Waals surface area (Å²) < 4.78 is 33.8. The van der Waals surface area contributed by atoms with Crippen molar-refractivity contribution in [1.82, 2.24) is 5.32 Å². The van der Waals surface area contributed by atoms with Gasteiger partial charge in [0, 0.05) is 11.0 Å². The van der Waals surface area contributed by atoms with E-state index in [1.165, 1.54) is 4.31 Å². The smallest absolute Gasteiger partial charge is 0.408 e. The summed E-state index contributed by atoms with van der Waals surface area (Å²) in [5.41, 5.74) is 0.732. The SMILES string of the molecule is CC(C)(C)OC(=O)NC1CCN(S(=O)(=O)C2(C)C=CC=CC2)c2cc(Br)ccc21.